The van der Waals surface area contributed by atoms with E-state index in [0.29, 0.717) is 24.5 Å². The lowest BCUT2D eigenvalue weighted by Crippen LogP contribution is -2.35. The molecule has 2 aromatic carbocycles. The second-order valence-corrected chi connectivity index (χ2v) is 9.74. The number of para-hydroxylation sites is 1. The number of nitrogens with zero attached hydrogens (tertiary/aromatic N) is 2. The van der Waals surface area contributed by atoms with E-state index < -0.39 is 10.0 Å². The van der Waals surface area contributed by atoms with Gasteiger partial charge in [0, 0.05) is 24.3 Å². The molecule has 1 aromatic heterocycles. The predicted octanol–water partition coefficient (Wildman–Crippen LogP) is 3.77. The predicted molar refractivity (Wildman–Crippen MR) is 121 cm³/mol. The number of methoxy groups -OCH3 is 1. The molecule has 0 unspecified atom stereocenters. The average molecular weight is 442 g/mol. The van der Waals surface area contributed by atoms with Crippen molar-refractivity contribution < 1.29 is 17.9 Å². The lowest BCUT2D eigenvalue weighted by atomic mass is 10.2. The first-order valence-corrected chi connectivity index (χ1v) is 11.9. The van der Waals surface area contributed by atoms with Gasteiger partial charge in [0.05, 0.1) is 17.7 Å². The van der Waals surface area contributed by atoms with Crippen molar-refractivity contribution in [2.75, 3.05) is 25.5 Å². The van der Waals surface area contributed by atoms with Gasteiger partial charge in [0.1, 0.15) is 12.3 Å². The van der Waals surface area contributed by atoms with E-state index in [0.717, 1.165) is 35.9 Å². The Kier molecular flexibility index (Phi) is 6.02. The first-order chi connectivity index (χ1) is 14.9. The van der Waals surface area contributed by atoms with Crippen LogP contribution in [0.5, 0.6) is 5.75 Å². The lowest BCUT2D eigenvalue weighted by molar-refractivity contribution is -0.116. The molecule has 164 valence electrons. The second kappa shape index (κ2) is 8.72. The standard InChI is InChI=1S/C23H27N3O4S/c1-17-14-18-8-4-5-9-21(18)26(17)16-23(27)24-20-15-19(10-11-22(20)30-2)31(28,29)25-12-6-3-7-13-25/h4-5,8-11,14-15H,3,6-7,12-13,16H2,1-2H3,(H,24,27). The molecule has 2 heterocycles. The van der Waals surface area contributed by atoms with Crippen LogP contribution in [-0.2, 0) is 21.4 Å². The Morgan fingerprint density at radius 3 is 2.55 bits per heavy atom. The Labute approximate surface area is 182 Å². The highest BCUT2D eigenvalue weighted by molar-refractivity contribution is 7.89. The summed E-state index contributed by atoms with van der Waals surface area (Å²) in [4.78, 5) is 13.0. The van der Waals surface area contributed by atoms with Gasteiger partial charge >= 0.3 is 0 Å². The first-order valence-electron chi connectivity index (χ1n) is 10.4. The summed E-state index contributed by atoms with van der Waals surface area (Å²) >= 11 is 0. The summed E-state index contributed by atoms with van der Waals surface area (Å²) in [5, 5.41) is 3.91. The van der Waals surface area contributed by atoms with Crippen LogP contribution in [0.1, 0.15) is 25.0 Å². The normalized spacial score (nSPS) is 15.2. The highest BCUT2D eigenvalue weighted by atomic mass is 32.2. The van der Waals surface area contributed by atoms with Crippen LogP contribution in [-0.4, -0.2) is 43.4 Å². The van der Waals surface area contributed by atoms with E-state index >= 15 is 0 Å². The van der Waals surface area contributed by atoms with Gasteiger partial charge in [-0.15, -0.1) is 0 Å². The van der Waals surface area contributed by atoms with E-state index in [4.69, 9.17) is 4.74 Å². The highest BCUT2D eigenvalue weighted by Crippen LogP contribution is 2.30. The number of ether oxygens (including phenoxy) is 1. The van der Waals surface area contributed by atoms with Crippen molar-refractivity contribution in [1.29, 1.82) is 0 Å². The first kappa shape index (κ1) is 21.4. The number of nitrogens with one attached hydrogen (secondary N) is 1. The number of fused-ring (bicyclic) bond motifs is 1. The molecule has 0 saturated carbocycles. The summed E-state index contributed by atoms with van der Waals surface area (Å²) in [7, 11) is -2.12. The molecule has 3 aromatic rings. The zero-order valence-corrected chi connectivity index (χ0v) is 18.6. The van der Waals surface area contributed by atoms with Gasteiger partial charge in [-0.1, -0.05) is 24.6 Å². The maximum atomic E-state index is 13.0. The minimum Gasteiger partial charge on any atom is -0.495 e. The molecule has 31 heavy (non-hydrogen) atoms. The third-order valence-corrected chi connectivity index (χ3v) is 7.61. The third kappa shape index (κ3) is 4.31. The van der Waals surface area contributed by atoms with Crippen molar-refractivity contribution in [2.24, 2.45) is 0 Å². The zero-order valence-electron chi connectivity index (χ0n) is 17.8. The number of sulfonamides is 1. The van der Waals surface area contributed by atoms with Gasteiger partial charge in [0.2, 0.25) is 15.9 Å². The number of carbonyl (C=O) groups excluding carboxylic acids is 1. The Hall–Kier alpha value is -2.84. The van der Waals surface area contributed by atoms with Crippen molar-refractivity contribution in [1.82, 2.24) is 8.87 Å². The fourth-order valence-electron chi connectivity index (χ4n) is 4.09. The van der Waals surface area contributed by atoms with E-state index in [1.165, 1.54) is 23.5 Å². The summed E-state index contributed by atoms with van der Waals surface area (Å²) < 4.78 is 34.9. The number of piperidine rings is 1. The molecule has 0 atom stereocenters. The molecule has 8 heteroatoms. The molecular formula is C23H27N3O4S. The van der Waals surface area contributed by atoms with Crippen LogP contribution in [0.4, 0.5) is 5.69 Å². The minimum atomic E-state index is -3.61. The van der Waals surface area contributed by atoms with E-state index in [1.54, 1.807) is 6.07 Å². The molecule has 4 rings (SSSR count). The molecule has 0 aliphatic carbocycles. The Bertz CT molecular complexity index is 1210. The van der Waals surface area contributed by atoms with Gasteiger partial charge in [0.15, 0.2) is 0 Å². The summed E-state index contributed by atoms with van der Waals surface area (Å²) in [6.07, 6.45) is 2.77. The quantitative estimate of drug-likeness (QED) is 0.631. The van der Waals surface area contributed by atoms with Gasteiger partial charge in [-0.3, -0.25) is 4.79 Å². The molecule has 1 aliphatic heterocycles. The van der Waals surface area contributed by atoms with Crippen LogP contribution in [0.3, 0.4) is 0 Å². The van der Waals surface area contributed by atoms with Crippen molar-refractivity contribution >= 4 is 32.5 Å². The molecule has 0 radical (unpaired) electrons. The van der Waals surface area contributed by atoms with Gasteiger partial charge in [-0.25, -0.2) is 8.42 Å². The number of rotatable bonds is 6. The highest BCUT2D eigenvalue weighted by Gasteiger charge is 2.27. The molecule has 1 amide bonds. The zero-order chi connectivity index (χ0) is 22.0. The fourth-order valence-corrected chi connectivity index (χ4v) is 5.63. The number of aromatic nitrogens is 1. The maximum Gasteiger partial charge on any atom is 0.244 e. The fraction of sp³-hybridized carbons (Fsp3) is 0.348. The van der Waals surface area contributed by atoms with Crippen LogP contribution in [0.25, 0.3) is 10.9 Å². The van der Waals surface area contributed by atoms with Gasteiger partial charge in [-0.05, 0) is 55.5 Å². The van der Waals surface area contributed by atoms with Crippen LogP contribution < -0.4 is 10.1 Å². The third-order valence-electron chi connectivity index (χ3n) is 5.72. The smallest absolute Gasteiger partial charge is 0.244 e. The average Bonchev–Trinajstić information content (AvgIpc) is 3.09. The monoisotopic (exact) mass is 441 g/mol. The molecule has 1 saturated heterocycles. The maximum absolute atomic E-state index is 13.0. The lowest BCUT2D eigenvalue weighted by Gasteiger charge is -2.26. The van der Waals surface area contributed by atoms with E-state index in [2.05, 4.69) is 5.32 Å². The van der Waals surface area contributed by atoms with Crippen molar-refractivity contribution in [2.45, 2.75) is 37.6 Å². The van der Waals surface area contributed by atoms with Gasteiger partial charge < -0.3 is 14.6 Å². The van der Waals surface area contributed by atoms with Crippen molar-refractivity contribution in [3.05, 3.63) is 54.2 Å². The Morgan fingerprint density at radius 1 is 1.06 bits per heavy atom. The van der Waals surface area contributed by atoms with Crippen LogP contribution in [0.2, 0.25) is 0 Å². The molecule has 0 bridgehead atoms. The molecule has 1 N–H and O–H groups in total. The summed E-state index contributed by atoms with van der Waals surface area (Å²) in [5.41, 5.74) is 2.30. The summed E-state index contributed by atoms with van der Waals surface area (Å²) in [6, 6.07) is 14.5. The SMILES string of the molecule is COc1ccc(S(=O)(=O)N2CCCCC2)cc1NC(=O)Cn1c(C)cc2ccccc21. The molecule has 0 spiro atoms. The number of hydrogen-bond donors (Lipinski definition) is 1. The summed E-state index contributed by atoms with van der Waals surface area (Å²) in [6.45, 7) is 3.12. The Morgan fingerprint density at radius 2 is 1.81 bits per heavy atom. The molecule has 1 fully saturated rings. The van der Waals surface area contributed by atoms with Gasteiger partial charge in [0.25, 0.3) is 0 Å². The topological polar surface area (TPSA) is 80.6 Å². The number of aryl methyl sites for hydroxylation is 1. The molecule has 7 nitrogen and oxygen atoms in total. The van der Waals surface area contributed by atoms with Crippen molar-refractivity contribution in [3.63, 3.8) is 0 Å². The van der Waals surface area contributed by atoms with E-state index in [9.17, 15) is 13.2 Å². The molecule has 1 aliphatic rings. The number of anilines is 1. The number of hydrogen-bond acceptors (Lipinski definition) is 4. The van der Waals surface area contributed by atoms with E-state index in [1.807, 2.05) is 41.8 Å². The largest absolute Gasteiger partial charge is 0.495 e. The van der Waals surface area contributed by atoms with Crippen LogP contribution >= 0.6 is 0 Å². The Balaban J connectivity index is 1.59. The number of benzene rings is 2. The number of carbonyl (C=O) groups is 1. The summed E-state index contributed by atoms with van der Waals surface area (Å²) in [5.74, 6) is 0.162. The number of amides is 1. The van der Waals surface area contributed by atoms with Crippen molar-refractivity contribution in [3.8, 4) is 5.75 Å². The molecular weight excluding hydrogens is 414 g/mol. The van der Waals surface area contributed by atoms with Gasteiger partial charge in [-0.2, -0.15) is 4.31 Å². The second-order valence-electron chi connectivity index (χ2n) is 7.81. The minimum absolute atomic E-state index is 0.117. The van der Waals surface area contributed by atoms with Crippen LogP contribution in [0.15, 0.2) is 53.4 Å². The van der Waals surface area contributed by atoms with Crippen LogP contribution in [0, 0.1) is 6.92 Å². The van der Waals surface area contributed by atoms with E-state index in [-0.39, 0.29) is 17.3 Å².